The molecule has 0 aliphatic carbocycles. The number of rotatable bonds is 4. The second-order valence-corrected chi connectivity index (χ2v) is 5.51. The van der Waals surface area contributed by atoms with E-state index in [1.54, 1.807) is 12.1 Å². The fraction of sp³-hybridized carbons (Fsp3) is 0.294. The largest absolute Gasteiger partial charge is 0.306 e. The molecule has 0 bridgehead atoms. The molecule has 1 atom stereocenters. The van der Waals surface area contributed by atoms with E-state index in [2.05, 4.69) is 37.4 Å². The lowest BCUT2D eigenvalue weighted by atomic mass is 9.95. The summed E-state index contributed by atoms with van der Waals surface area (Å²) in [5.74, 6) is -0.275. The molecule has 106 valence electrons. The molecule has 2 aromatic carbocycles. The molecule has 0 saturated heterocycles. The Morgan fingerprint density at radius 1 is 1.10 bits per heavy atom. The molecule has 0 fully saturated rings. The summed E-state index contributed by atoms with van der Waals surface area (Å²) in [5.41, 5.74) is 4.06. The zero-order valence-electron chi connectivity index (χ0n) is 12.0. The van der Waals surface area contributed by atoms with Crippen LogP contribution in [0.5, 0.6) is 0 Å². The van der Waals surface area contributed by atoms with Gasteiger partial charge in [-0.05, 0) is 38.1 Å². The topological polar surface area (TPSA) is 12.0 Å². The molecule has 2 rings (SSSR count). The molecule has 3 heteroatoms. The van der Waals surface area contributed by atoms with Gasteiger partial charge >= 0.3 is 0 Å². The lowest BCUT2D eigenvalue weighted by Crippen LogP contribution is -2.23. The zero-order valence-corrected chi connectivity index (χ0v) is 12.8. The molecule has 1 nitrogen and oxygen atoms in total. The molecule has 0 heterocycles. The van der Waals surface area contributed by atoms with Crippen molar-refractivity contribution >= 4 is 11.6 Å². The van der Waals surface area contributed by atoms with Gasteiger partial charge < -0.3 is 5.32 Å². The number of hydrogen-bond donors (Lipinski definition) is 1. The first-order valence-electron chi connectivity index (χ1n) is 6.77. The van der Waals surface area contributed by atoms with Gasteiger partial charge in [-0.1, -0.05) is 53.9 Å². The summed E-state index contributed by atoms with van der Waals surface area (Å²) in [6.07, 6.45) is 0. The van der Waals surface area contributed by atoms with Crippen molar-refractivity contribution in [1.82, 2.24) is 5.32 Å². The van der Waals surface area contributed by atoms with Crippen LogP contribution in [0.2, 0.25) is 5.02 Å². The highest BCUT2D eigenvalue weighted by Gasteiger charge is 2.17. The van der Waals surface area contributed by atoms with Gasteiger partial charge in [0.2, 0.25) is 0 Å². The molecule has 0 aromatic heterocycles. The summed E-state index contributed by atoms with van der Waals surface area (Å²) in [6, 6.07) is 11.0. The van der Waals surface area contributed by atoms with Gasteiger partial charge in [0.15, 0.2) is 0 Å². The maximum atomic E-state index is 14.2. The van der Waals surface area contributed by atoms with E-state index >= 15 is 0 Å². The van der Waals surface area contributed by atoms with Crippen LogP contribution < -0.4 is 5.32 Å². The quantitative estimate of drug-likeness (QED) is 0.853. The average Bonchev–Trinajstić information content (AvgIpc) is 2.35. The van der Waals surface area contributed by atoms with E-state index in [-0.39, 0.29) is 11.9 Å². The monoisotopic (exact) mass is 291 g/mol. The van der Waals surface area contributed by atoms with E-state index < -0.39 is 0 Å². The molecular formula is C17H19ClFN. The summed E-state index contributed by atoms with van der Waals surface area (Å²) in [5, 5.41) is 3.77. The van der Waals surface area contributed by atoms with Gasteiger partial charge in [-0.3, -0.25) is 0 Å². The molecule has 1 N–H and O–H groups in total. The second kappa shape index (κ2) is 6.38. The van der Waals surface area contributed by atoms with Crippen LogP contribution in [-0.2, 0) is 0 Å². The van der Waals surface area contributed by atoms with Crippen molar-refractivity contribution in [2.24, 2.45) is 0 Å². The van der Waals surface area contributed by atoms with Crippen LogP contribution in [0, 0.1) is 19.7 Å². The van der Waals surface area contributed by atoms with E-state index in [9.17, 15) is 4.39 Å². The maximum Gasteiger partial charge on any atom is 0.129 e. The Labute approximate surface area is 124 Å². The van der Waals surface area contributed by atoms with E-state index in [0.29, 0.717) is 10.6 Å². The Morgan fingerprint density at radius 2 is 1.75 bits per heavy atom. The van der Waals surface area contributed by atoms with Crippen molar-refractivity contribution in [2.45, 2.75) is 26.8 Å². The molecular weight excluding hydrogens is 273 g/mol. The van der Waals surface area contributed by atoms with Crippen LogP contribution in [0.15, 0.2) is 36.4 Å². The summed E-state index contributed by atoms with van der Waals surface area (Å²) in [6.45, 7) is 6.89. The molecule has 0 saturated carbocycles. The third-order valence-electron chi connectivity index (χ3n) is 3.26. The number of benzene rings is 2. The molecule has 2 aromatic rings. The Bertz CT molecular complexity index is 590. The van der Waals surface area contributed by atoms with Crippen molar-refractivity contribution in [1.29, 1.82) is 0 Å². The Hall–Kier alpha value is -1.38. The Balaban J connectivity index is 2.49. The van der Waals surface area contributed by atoms with Crippen LogP contribution >= 0.6 is 11.6 Å². The standard InChI is InChI=1S/C17H19ClFN/c1-4-20-17(13-8-11(2)7-12(3)9-13)15-6-5-14(18)10-16(15)19/h5-10,17,20H,4H2,1-3H3. The average molecular weight is 292 g/mol. The SMILES string of the molecule is CCNC(c1cc(C)cc(C)c1)c1ccc(Cl)cc1F. The molecule has 20 heavy (non-hydrogen) atoms. The van der Waals surface area contributed by atoms with Crippen molar-refractivity contribution in [3.63, 3.8) is 0 Å². The van der Waals surface area contributed by atoms with Crippen LogP contribution in [0.25, 0.3) is 0 Å². The Kier molecular flexibility index (Phi) is 4.79. The molecule has 0 amide bonds. The van der Waals surface area contributed by atoms with Crippen LogP contribution in [0.4, 0.5) is 4.39 Å². The van der Waals surface area contributed by atoms with E-state index in [4.69, 9.17) is 11.6 Å². The first-order chi connectivity index (χ1) is 9.51. The maximum absolute atomic E-state index is 14.2. The predicted octanol–water partition coefficient (Wildman–Crippen LogP) is 4.79. The van der Waals surface area contributed by atoms with E-state index in [1.165, 1.54) is 17.2 Å². The minimum atomic E-state index is -0.275. The Morgan fingerprint density at radius 3 is 2.30 bits per heavy atom. The highest BCUT2D eigenvalue weighted by molar-refractivity contribution is 6.30. The van der Waals surface area contributed by atoms with Gasteiger partial charge in [0.25, 0.3) is 0 Å². The summed E-state index contributed by atoms with van der Waals surface area (Å²) in [7, 11) is 0. The number of aryl methyl sites for hydroxylation is 2. The number of nitrogens with one attached hydrogen (secondary N) is 1. The van der Waals surface area contributed by atoms with Crippen LogP contribution in [0.3, 0.4) is 0 Å². The van der Waals surface area contributed by atoms with Gasteiger partial charge in [-0.25, -0.2) is 4.39 Å². The molecule has 0 spiro atoms. The first-order valence-corrected chi connectivity index (χ1v) is 7.15. The minimum Gasteiger partial charge on any atom is -0.306 e. The van der Waals surface area contributed by atoms with Crippen molar-refractivity contribution in [3.05, 3.63) is 69.5 Å². The van der Waals surface area contributed by atoms with E-state index in [0.717, 1.165) is 12.1 Å². The summed E-state index contributed by atoms with van der Waals surface area (Å²) in [4.78, 5) is 0. The summed E-state index contributed by atoms with van der Waals surface area (Å²) >= 11 is 5.83. The van der Waals surface area contributed by atoms with Crippen molar-refractivity contribution < 1.29 is 4.39 Å². The fourth-order valence-electron chi connectivity index (χ4n) is 2.52. The zero-order chi connectivity index (χ0) is 14.7. The first kappa shape index (κ1) is 15.0. The molecule has 0 radical (unpaired) electrons. The number of halogens is 2. The van der Waals surface area contributed by atoms with Crippen LogP contribution in [0.1, 0.15) is 35.2 Å². The second-order valence-electron chi connectivity index (χ2n) is 5.08. The smallest absolute Gasteiger partial charge is 0.129 e. The molecule has 1 unspecified atom stereocenters. The summed E-state index contributed by atoms with van der Waals surface area (Å²) < 4.78 is 14.2. The molecule has 0 aliphatic heterocycles. The predicted molar refractivity (Wildman–Crippen MR) is 82.8 cm³/mol. The van der Waals surface area contributed by atoms with Crippen molar-refractivity contribution in [3.8, 4) is 0 Å². The highest BCUT2D eigenvalue weighted by atomic mass is 35.5. The van der Waals surface area contributed by atoms with Crippen molar-refractivity contribution in [2.75, 3.05) is 6.54 Å². The highest BCUT2D eigenvalue weighted by Crippen LogP contribution is 2.27. The minimum absolute atomic E-state index is 0.157. The third-order valence-corrected chi connectivity index (χ3v) is 3.49. The van der Waals surface area contributed by atoms with Gasteiger partial charge in [0, 0.05) is 10.6 Å². The molecule has 0 aliphatic rings. The van der Waals surface area contributed by atoms with Gasteiger partial charge in [0.05, 0.1) is 6.04 Å². The van der Waals surface area contributed by atoms with E-state index in [1.807, 2.05) is 6.92 Å². The normalized spacial score (nSPS) is 12.4. The lowest BCUT2D eigenvalue weighted by Gasteiger charge is -2.21. The van der Waals surface area contributed by atoms with Gasteiger partial charge in [-0.15, -0.1) is 0 Å². The third kappa shape index (κ3) is 3.38. The lowest BCUT2D eigenvalue weighted by molar-refractivity contribution is 0.559. The van der Waals surface area contributed by atoms with Gasteiger partial charge in [0.1, 0.15) is 5.82 Å². The van der Waals surface area contributed by atoms with Gasteiger partial charge in [-0.2, -0.15) is 0 Å². The fourth-order valence-corrected chi connectivity index (χ4v) is 2.68. The number of hydrogen-bond acceptors (Lipinski definition) is 1. The van der Waals surface area contributed by atoms with Crippen LogP contribution in [-0.4, -0.2) is 6.54 Å².